The van der Waals surface area contributed by atoms with Crippen molar-refractivity contribution in [1.29, 1.82) is 0 Å². The van der Waals surface area contributed by atoms with Crippen LogP contribution >= 0.6 is 0 Å². The highest BCUT2D eigenvalue weighted by Gasteiger charge is 2.47. The number of rotatable bonds is 4. The van der Waals surface area contributed by atoms with Crippen LogP contribution in [0, 0.1) is 26.7 Å². The van der Waals surface area contributed by atoms with Gasteiger partial charge >= 0.3 is 0 Å². The summed E-state index contributed by atoms with van der Waals surface area (Å²) in [5.74, 6) is -5.04. The van der Waals surface area contributed by atoms with Crippen LogP contribution in [0.4, 0.5) is 8.78 Å². The lowest BCUT2D eigenvalue weighted by atomic mass is 9.86. The Labute approximate surface area is 151 Å². The molecule has 0 aromatic heterocycles. The number of halogens is 2. The Bertz CT molecular complexity index is 756. The molecule has 0 radical (unpaired) electrons. The van der Waals surface area contributed by atoms with E-state index in [1.54, 1.807) is 0 Å². The van der Waals surface area contributed by atoms with Crippen molar-refractivity contribution in [1.82, 2.24) is 5.32 Å². The smallest absolute Gasteiger partial charge is 0.252 e. The van der Waals surface area contributed by atoms with Gasteiger partial charge in [-0.15, -0.1) is 0 Å². The molecule has 6 heteroatoms. The van der Waals surface area contributed by atoms with Crippen LogP contribution in [0.3, 0.4) is 0 Å². The number of carbonyl (C=O) groups is 3. The molecule has 0 saturated heterocycles. The molecule has 2 aliphatic carbocycles. The average Bonchev–Trinajstić information content (AvgIpc) is 2.72. The van der Waals surface area contributed by atoms with Crippen molar-refractivity contribution in [3.8, 4) is 0 Å². The van der Waals surface area contributed by atoms with Crippen molar-refractivity contribution in [2.45, 2.75) is 64.3 Å². The molecule has 140 valence electrons. The number of amides is 1. The average molecular weight is 363 g/mol. The van der Waals surface area contributed by atoms with Gasteiger partial charge < -0.3 is 5.32 Å². The van der Waals surface area contributed by atoms with Crippen LogP contribution in [-0.2, 0) is 14.4 Å². The third-order valence-corrected chi connectivity index (χ3v) is 5.37. The fraction of sp³-hybridized carbons (Fsp3) is 0.550. The van der Waals surface area contributed by atoms with Crippen LogP contribution in [-0.4, -0.2) is 29.4 Å². The SMILES string of the molecule is Cc1cc(C)c(C2C(=O)CC(CC(=O)NC3CC(F)(F)C3)C2=O)c(C)c1. The fourth-order valence-corrected chi connectivity index (χ4v) is 4.25. The van der Waals surface area contributed by atoms with E-state index in [-0.39, 0.29) is 37.2 Å². The molecule has 4 nitrogen and oxygen atoms in total. The second-order valence-corrected chi connectivity index (χ2v) is 7.75. The molecule has 3 rings (SSSR count). The molecule has 2 atom stereocenters. The molecular weight excluding hydrogens is 340 g/mol. The molecule has 0 spiro atoms. The first-order valence-corrected chi connectivity index (χ1v) is 8.89. The Kier molecular flexibility index (Phi) is 4.71. The van der Waals surface area contributed by atoms with Gasteiger partial charge in [-0.1, -0.05) is 17.7 Å². The molecule has 2 saturated carbocycles. The van der Waals surface area contributed by atoms with E-state index in [1.165, 1.54) is 0 Å². The van der Waals surface area contributed by atoms with E-state index in [0.29, 0.717) is 0 Å². The van der Waals surface area contributed by atoms with Crippen molar-refractivity contribution < 1.29 is 23.2 Å². The fourth-order valence-electron chi connectivity index (χ4n) is 4.25. The van der Waals surface area contributed by atoms with Crippen LogP contribution in [0.25, 0.3) is 0 Å². The lowest BCUT2D eigenvalue weighted by Crippen LogP contribution is -2.50. The standard InChI is InChI=1S/C20H23F2NO3/c1-10-4-11(2)17(12(3)5-10)18-15(24)6-13(19(18)26)7-16(25)23-14-8-20(21,22)9-14/h4-5,13-14,18H,6-9H2,1-3H3,(H,23,25). The number of nitrogens with one attached hydrogen (secondary N) is 1. The molecule has 2 aliphatic rings. The summed E-state index contributed by atoms with van der Waals surface area (Å²) in [6, 6.07) is 3.35. The topological polar surface area (TPSA) is 63.2 Å². The monoisotopic (exact) mass is 363 g/mol. The molecule has 0 heterocycles. The maximum atomic E-state index is 12.8. The second-order valence-electron chi connectivity index (χ2n) is 7.75. The quantitative estimate of drug-likeness (QED) is 0.836. The van der Waals surface area contributed by atoms with Gasteiger partial charge in [0.15, 0.2) is 5.78 Å². The number of carbonyl (C=O) groups excluding carboxylic acids is 3. The highest BCUT2D eigenvalue weighted by molar-refractivity contribution is 6.15. The van der Waals surface area contributed by atoms with Crippen molar-refractivity contribution in [3.63, 3.8) is 0 Å². The number of aryl methyl sites for hydroxylation is 3. The Balaban J connectivity index is 1.69. The minimum atomic E-state index is -2.71. The first kappa shape index (κ1) is 18.7. The van der Waals surface area contributed by atoms with Gasteiger partial charge in [0.05, 0.1) is 0 Å². The summed E-state index contributed by atoms with van der Waals surface area (Å²) in [5.41, 5.74) is 3.61. The zero-order valence-corrected chi connectivity index (χ0v) is 15.2. The molecular formula is C20H23F2NO3. The van der Waals surface area contributed by atoms with Crippen molar-refractivity contribution >= 4 is 17.5 Å². The number of benzene rings is 1. The molecule has 0 bridgehead atoms. The van der Waals surface area contributed by atoms with Gasteiger partial charge in [-0.25, -0.2) is 8.78 Å². The third kappa shape index (κ3) is 3.55. The minimum Gasteiger partial charge on any atom is -0.353 e. The number of hydrogen-bond acceptors (Lipinski definition) is 3. The summed E-state index contributed by atoms with van der Waals surface area (Å²) in [6.07, 6.45) is -0.807. The number of hydrogen-bond donors (Lipinski definition) is 1. The maximum absolute atomic E-state index is 12.8. The number of ketones is 2. The normalized spacial score (nSPS) is 25.3. The first-order valence-electron chi connectivity index (χ1n) is 8.89. The van der Waals surface area contributed by atoms with E-state index in [4.69, 9.17) is 0 Å². The lowest BCUT2D eigenvalue weighted by molar-refractivity contribution is -0.133. The van der Waals surface area contributed by atoms with Gasteiger partial charge in [-0.05, 0) is 37.5 Å². The highest BCUT2D eigenvalue weighted by atomic mass is 19.3. The molecule has 1 aromatic rings. The van der Waals surface area contributed by atoms with E-state index < -0.39 is 29.7 Å². The number of Topliss-reactive ketones (excluding diaryl/α,β-unsaturated/α-hetero) is 2. The summed E-state index contributed by atoms with van der Waals surface area (Å²) >= 11 is 0. The van der Waals surface area contributed by atoms with Gasteiger partial charge in [0.2, 0.25) is 5.91 Å². The van der Waals surface area contributed by atoms with Gasteiger partial charge in [-0.3, -0.25) is 14.4 Å². The number of alkyl halides is 2. The van der Waals surface area contributed by atoms with Crippen molar-refractivity contribution in [2.75, 3.05) is 0 Å². The molecule has 1 N–H and O–H groups in total. The Hall–Kier alpha value is -2.11. The van der Waals surface area contributed by atoms with E-state index in [9.17, 15) is 23.2 Å². The van der Waals surface area contributed by atoms with Crippen molar-refractivity contribution in [2.24, 2.45) is 5.92 Å². The van der Waals surface area contributed by atoms with Gasteiger partial charge in [-0.2, -0.15) is 0 Å². The summed E-state index contributed by atoms with van der Waals surface area (Å²) in [4.78, 5) is 37.3. The largest absolute Gasteiger partial charge is 0.353 e. The van der Waals surface area contributed by atoms with E-state index >= 15 is 0 Å². The summed E-state index contributed by atoms with van der Waals surface area (Å²) in [5, 5.41) is 2.54. The maximum Gasteiger partial charge on any atom is 0.252 e. The molecule has 26 heavy (non-hydrogen) atoms. The van der Waals surface area contributed by atoms with E-state index in [0.717, 1.165) is 22.3 Å². The minimum absolute atomic E-state index is 0.0322. The van der Waals surface area contributed by atoms with Crippen molar-refractivity contribution in [3.05, 3.63) is 34.4 Å². The summed E-state index contributed by atoms with van der Waals surface area (Å²) in [6.45, 7) is 5.72. The Morgan fingerprint density at radius 1 is 1.15 bits per heavy atom. The van der Waals surface area contributed by atoms with Crippen LogP contribution in [0.2, 0.25) is 0 Å². The molecule has 0 aliphatic heterocycles. The Morgan fingerprint density at radius 2 is 1.73 bits per heavy atom. The summed E-state index contributed by atoms with van der Waals surface area (Å²) < 4.78 is 25.7. The van der Waals surface area contributed by atoms with Crippen LogP contribution in [0.5, 0.6) is 0 Å². The van der Waals surface area contributed by atoms with E-state index in [2.05, 4.69) is 5.32 Å². The molecule has 1 aromatic carbocycles. The van der Waals surface area contributed by atoms with Crippen LogP contribution in [0.1, 0.15) is 53.9 Å². The lowest BCUT2D eigenvalue weighted by Gasteiger charge is -2.35. The third-order valence-electron chi connectivity index (χ3n) is 5.37. The molecule has 2 fully saturated rings. The zero-order chi connectivity index (χ0) is 19.2. The molecule has 2 unspecified atom stereocenters. The van der Waals surface area contributed by atoms with Crippen LogP contribution in [0.15, 0.2) is 12.1 Å². The Morgan fingerprint density at radius 3 is 2.27 bits per heavy atom. The van der Waals surface area contributed by atoms with Gasteiger partial charge in [0, 0.05) is 37.6 Å². The van der Waals surface area contributed by atoms with Gasteiger partial charge in [0.1, 0.15) is 11.7 Å². The molecule has 1 amide bonds. The zero-order valence-electron chi connectivity index (χ0n) is 15.2. The second kappa shape index (κ2) is 6.56. The van der Waals surface area contributed by atoms with Crippen LogP contribution < -0.4 is 5.32 Å². The van der Waals surface area contributed by atoms with E-state index in [1.807, 2.05) is 32.9 Å². The first-order chi connectivity index (χ1) is 12.1. The predicted molar refractivity (Wildman–Crippen MR) is 92.2 cm³/mol. The predicted octanol–water partition coefficient (Wildman–Crippen LogP) is 3.16. The highest BCUT2D eigenvalue weighted by Crippen LogP contribution is 2.39. The summed E-state index contributed by atoms with van der Waals surface area (Å²) in [7, 11) is 0. The van der Waals surface area contributed by atoms with Gasteiger partial charge in [0.25, 0.3) is 5.92 Å².